The minimum Gasteiger partial charge on any atom is -0.381 e. The molecule has 1 fully saturated rings. The fourth-order valence-electron chi connectivity index (χ4n) is 3.18. The average molecular weight is 339 g/mol. The molecule has 0 radical (unpaired) electrons. The van der Waals surface area contributed by atoms with Crippen LogP contribution < -0.4 is 10.9 Å². The molecule has 4 nitrogen and oxygen atoms in total. The second kappa shape index (κ2) is 6.84. The molecule has 7 heteroatoms. The zero-order chi connectivity index (χ0) is 17.2. The number of halogens is 3. The molecular formula is C17H20F3N3O. The number of alkyl halides is 3. The molecule has 24 heavy (non-hydrogen) atoms. The lowest BCUT2D eigenvalue weighted by molar-refractivity contribution is -0.138. The zero-order valence-corrected chi connectivity index (χ0v) is 13.2. The number of piperidine rings is 1. The van der Waals surface area contributed by atoms with Gasteiger partial charge in [-0.3, -0.25) is 4.79 Å². The van der Waals surface area contributed by atoms with Crippen molar-refractivity contribution in [1.29, 1.82) is 0 Å². The van der Waals surface area contributed by atoms with Crippen molar-refractivity contribution in [2.75, 3.05) is 25.0 Å². The predicted octanol–water partition coefficient (Wildman–Crippen LogP) is 3.36. The molecule has 1 aliphatic heterocycles. The molecule has 0 amide bonds. The van der Waals surface area contributed by atoms with Crippen LogP contribution in [0.15, 0.2) is 35.3 Å². The smallest absolute Gasteiger partial charge is 0.381 e. The average Bonchev–Trinajstić information content (AvgIpc) is 2.53. The van der Waals surface area contributed by atoms with Gasteiger partial charge in [0.25, 0.3) is 5.56 Å². The molecule has 0 saturated carbocycles. The van der Waals surface area contributed by atoms with E-state index in [1.165, 1.54) is 0 Å². The first kappa shape index (κ1) is 16.8. The number of nitrogens with zero attached hydrogens (tertiary/aromatic N) is 1. The molecule has 1 atom stereocenters. The van der Waals surface area contributed by atoms with Crippen LogP contribution in [0, 0.1) is 0 Å². The van der Waals surface area contributed by atoms with Crippen LogP contribution in [0.5, 0.6) is 0 Å². The standard InChI is InChI=1S/C17H20F3N3O/c18-17(19,20)6-9-23-8-1-2-14(11-23)22-13-3-4-15-12(10-13)5-7-21-16(15)24/h3-5,7,10,14,22H,1-2,6,8-9,11H2,(H,21,24). The molecule has 1 aromatic carbocycles. The van der Waals surface area contributed by atoms with Crippen LogP contribution in [-0.2, 0) is 0 Å². The SMILES string of the molecule is O=c1[nH]ccc2cc(NC3CCCN(CCC(F)(F)F)C3)ccc12. The summed E-state index contributed by atoms with van der Waals surface area (Å²) < 4.78 is 37.1. The number of rotatable bonds is 4. The molecule has 2 heterocycles. The van der Waals surface area contributed by atoms with Crippen molar-refractivity contribution in [3.8, 4) is 0 Å². The van der Waals surface area contributed by atoms with Gasteiger partial charge in [0.2, 0.25) is 0 Å². The molecule has 130 valence electrons. The van der Waals surface area contributed by atoms with Crippen molar-refractivity contribution < 1.29 is 13.2 Å². The Morgan fingerprint density at radius 2 is 2.12 bits per heavy atom. The number of nitrogens with one attached hydrogen (secondary N) is 2. The van der Waals surface area contributed by atoms with Crippen LogP contribution in [0.3, 0.4) is 0 Å². The van der Waals surface area contributed by atoms with E-state index in [9.17, 15) is 18.0 Å². The largest absolute Gasteiger partial charge is 0.390 e. The third kappa shape index (κ3) is 4.29. The maximum absolute atomic E-state index is 12.4. The monoisotopic (exact) mass is 339 g/mol. The number of hydrogen-bond acceptors (Lipinski definition) is 3. The lowest BCUT2D eigenvalue weighted by Crippen LogP contribution is -2.43. The van der Waals surface area contributed by atoms with Gasteiger partial charge in [0.15, 0.2) is 0 Å². The third-order valence-corrected chi connectivity index (χ3v) is 4.36. The summed E-state index contributed by atoms with van der Waals surface area (Å²) >= 11 is 0. The van der Waals surface area contributed by atoms with E-state index >= 15 is 0 Å². The number of H-pyrrole nitrogens is 1. The first-order chi connectivity index (χ1) is 11.4. The molecule has 3 rings (SSSR count). The van der Waals surface area contributed by atoms with Crippen LogP contribution in [0.25, 0.3) is 10.8 Å². The second-order valence-electron chi connectivity index (χ2n) is 6.26. The van der Waals surface area contributed by atoms with Gasteiger partial charge in [0.05, 0.1) is 6.42 Å². The van der Waals surface area contributed by atoms with Crippen LogP contribution in [0.2, 0.25) is 0 Å². The van der Waals surface area contributed by atoms with Gasteiger partial charge in [-0.15, -0.1) is 0 Å². The molecule has 0 bridgehead atoms. The summed E-state index contributed by atoms with van der Waals surface area (Å²) in [5, 5.41) is 4.85. The lowest BCUT2D eigenvalue weighted by Gasteiger charge is -2.33. The molecular weight excluding hydrogens is 319 g/mol. The minimum atomic E-state index is -4.11. The molecule has 1 saturated heterocycles. The van der Waals surface area contributed by atoms with E-state index in [-0.39, 0.29) is 18.1 Å². The number of pyridine rings is 1. The molecule has 1 unspecified atom stereocenters. The fourth-order valence-corrected chi connectivity index (χ4v) is 3.18. The van der Waals surface area contributed by atoms with Crippen LogP contribution >= 0.6 is 0 Å². The summed E-state index contributed by atoms with van der Waals surface area (Å²) in [5.74, 6) is 0. The summed E-state index contributed by atoms with van der Waals surface area (Å²) in [4.78, 5) is 16.2. The Morgan fingerprint density at radius 1 is 1.29 bits per heavy atom. The summed E-state index contributed by atoms with van der Waals surface area (Å²) in [6, 6.07) is 7.45. The summed E-state index contributed by atoms with van der Waals surface area (Å²) in [7, 11) is 0. The normalized spacial score (nSPS) is 19.5. The highest BCUT2D eigenvalue weighted by Gasteiger charge is 2.29. The highest BCUT2D eigenvalue weighted by molar-refractivity contribution is 5.84. The van der Waals surface area contributed by atoms with Gasteiger partial charge in [0, 0.05) is 36.4 Å². The Labute approximate surface area is 137 Å². The highest BCUT2D eigenvalue weighted by atomic mass is 19.4. The van der Waals surface area contributed by atoms with E-state index in [4.69, 9.17) is 0 Å². The quantitative estimate of drug-likeness (QED) is 0.898. The Morgan fingerprint density at radius 3 is 2.92 bits per heavy atom. The van der Waals surface area contributed by atoms with Crippen molar-refractivity contribution in [2.24, 2.45) is 0 Å². The minimum absolute atomic E-state index is 0.0504. The molecule has 1 aromatic heterocycles. The van der Waals surface area contributed by atoms with Crippen molar-refractivity contribution in [2.45, 2.75) is 31.5 Å². The van der Waals surface area contributed by atoms with Crippen LogP contribution in [0.4, 0.5) is 18.9 Å². The van der Waals surface area contributed by atoms with E-state index in [0.29, 0.717) is 18.5 Å². The van der Waals surface area contributed by atoms with Gasteiger partial charge in [-0.2, -0.15) is 13.2 Å². The van der Waals surface area contributed by atoms with E-state index in [1.807, 2.05) is 23.1 Å². The number of hydrogen-bond donors (Lipinski definition) is 2. The molecule has 2 aromatic rings. The topological polar surface area (TPSA) is 48.1 Å². The summed E-state index contributed by atoms with van der Waals surface area (Å²) in [5.41, 5.74) is 0.755. The number of aromatic nitrogens is 1. The van der Waals surface area contributed by atoms with E-state index in [0.717, 1.165) is 23.9 Å². The summed E-state index contributed by atoms with van der Waals surface area (Å²) in [6.07, 6.45) is -1.46. The Bertz CT molecular complexity index is 757. The number of benzene rings is 1. The highest BCUT2D eigenvalue weighted by Crippen LogP contribution is 2.23. The van der Waals surface area contributed by atoms with Gasteiger partial charge >= 0.3 is 6.18 Å². The van der Waals surface area contributed by atoms with Crippen molar-refractivity contribution in [1.82, 2.24) is 9.88 Å². The Balaban J connectivity index is 1.64. The number of likely N-dealkylation sites (tertiary alicyclic amines) is 1. The summed E-state index contributed by atoms with van der Waals surface area (Å²) in [6.45, 7) is 1.36. The predicted molar refractivity (Wildman–Crippen MR) is 88.3 cm³/mol. The van der Waals surface area contributed by atoms with Gasteiger partial charge in [-0.1, -0.05) is 0 Å². The first-order valence-electron chi connectivity index (χ1n) is 8.08. The molecule has 0 aliphatic carbocycles. The first-order valence-corrected chi connectivity index (χ1v) is 8.08. The number of aromatic amines is 1. The van der Waals surface area contributed by atoms with Crippen molar-refractivity contribution in [3.63, 3.8) is 0 Å². The van der Waals surface area contributed by atoms with Gasteiger partial charge in [0.1, 0.15) is 0 Å². The molecule has 2 N–H and O–H groups in total. The number of anilines is 1. The van der Waals surface area contributed by atoms with E-state index < -0.39 is 12.6 Å². The fraction of sp³-hybridized carbons (Fsp3) is 0.471. The number of fused-ring (bicyclic) bond motifs is 1. The molecule has 0 spiro atoms. The van der Waals surface area contributed by atoms with Crippen molar-refractivity contribution in [3.05, 3.63) is 40.8 Å². The second-order valence-corrected chi connectivity index (χ2v) is 6.26. The Hall–Kier alpha value is -2.02. The van der Waals surface area contributed by atoms with E-state index in [1.54, 1.807) is 12.3 Å². The van der Waals surface area contributed by atoms with Crippen LogP contribution in [0.1, 0.15) is 19.3 Å². The lowest BCUT2D eigenvalue weighted by atomic mass is 10.0. The maximum Gasteiger partial charge on any atom is 0.390 e. The van der Waals surface area contributed by atoms with E-state index in [2.05, 4.69) is 10.3 Å². The van der Waals surface area contributed by atoms with Crippen LogP contribution in [-0.4, -0.2) is 41.7 Å². The van der Waals surface area contributed by atoms with Gasteiger partial charge in [-0.25, -0.2) is 0 Å². The zero-order valence-electron chi connectivity index (χ0n) is 13.2. The van der Waals surface area contributed by atoms with Gasteiger partial charge < -0.3 is 15.2 Å². The molecule has 1 aliphatic rings. The third-order valence-electron chi connectivity index (χ3n) is 4.36. The Kier molecular flexibility index (Phi) is 4.80. The van der Waals surface area contributed by atoms with Gasteiger partial charge in [-0.05, 0) is 49.0 Å². The maximum atomic E-state index is 12.4. The van der Waals surface area contributed by atoms with Crippen molar-refractivity contribution >= 4 is 16.5 Å².